The van der Waals surface area contributed by atoms with Gasteiger partial charge in [-0.15, -0.1) is 0 Å². The van der Waals surface area contributed by atoms with E-state index in [4.69, 9.17) is 4.74 Å². The Kier molecular flexibility index (Phi) is 3.98. The average Bonchev–Trinajstić information content (AvgIpc) is 2.19. The number of carboxylic acid groups (broad SMARTS) is 1. The van der Waals surface area contributed by atoms with E-state index in [1.807, 2.05) is 0 Å². The van der Waals surface area contributed by atoms with Crippen molar-refractivity contribution < 1.29 is 14.6 Å². The van der Waals surface area contributed by atoms with Crippen LogP contribution in [0.1, 0.15) is 30.1 Å². The van der Waals surface area contributed by atoms with E-state index in [0.29, 0.717) is 12.4 Å². The van der Waals surface area contributed by atoms with Crippen LogP contribution >= 0.6 is 0 Å². The molecule has 76 valence electrons. The van der Waals surface area contributed by atoms with Gasteiger partial charge >= 0.3 is 0 Å². The minimum Gasteiger partial charge on any atom is -0.545 e. The van der Waals surface area contributed by atoms with Crippen LogP contribution in [0.4, 0.5) is 0 Å². The topological polar surface area (TPSA) is 49.4 Å². The van der Waals surface area contributed by atoms with Gasteiger partial charge in [-0.3, -0.25) is 0 Å². The molecular weight excluding hydrogens is 180 g/mol. The largest absolute Gasteiger partial charge is 0.545 e. The molecule has 0 radical (unpaired) electrons. The van der Waals surface area contributed by atoms with Crippen LogP contribution in [-0.2, 0) is 0 Å². The molecule has 0 aromatic heterocycles. The van der Waals surface area contributed by atoms with Gasteiger partial charge in [-0.2, -0.15) is 0 Å². The van der Waals surface area contributed by atoms with E-state index in [1.54, 1.807) is 12.1 Å². The first kappa shape index (κ1) is 10.6. The lowest BCUT2D eigenvalue weighted by atomic mass is 10.2. The van der Waals surface area contributed by atoms with Gasteiger partial charge in [0, 0.05) is 0 Å². The molecule has 0 N–H and O–H groups in total. The van der Waals surface area contributed by atoms with Crippen LogP contribution in [0.3, 0.4) is 0 Å². The summed E-state index contributed by atoms with van der Waals surface area (Å²) in [6, 6.07) is 6.24. The number of hydrogen-bond acceptors (Lipinski definition) is 3. The molecule has 0 amide bonds. The summed E-state index contributed by atoms with van der Waals surface area (Å²) in [7, 11) is 0. The zero-order valence-corrected chi connectivity index (χ0v) is 8.16. The molecule has 0 aliphatic heterocycles. The molecule has 0 saturated heterocycles. The fourth-order valence-electron chi connectivity index (χ4n) is 1.02. The van der Waals surface area contributed by atoms with Crippen molar-refractivity contribution in [2.75, 3.05) is 6.61 Å². The van der Waals surface area contributed by atoms with Gasteiger partial charge in [0.15, 0.2) is 0 Å². The highest BCUT2D eigenvalue weighted by molar-refractivity contribution is 5.85. The van der Waals surface area contributed by atoms with Crippen LogP contribution in [0.2, 0.25) is 0 Å². The highest BCUT2D eigenvalue weighted by Gasteiger charge is 1.95. The van der Waals surface area contributed by atoms with E-state index in [1.165, 1.54) is 12.1 Å². The molecule has 0 aliphatic carbocycles. The molecule has 0 atom stereocenters. The third-order valence-electron chi connectivity index (χ3n) is 1.86. The summed E-state index contributed by atoms with van der Waals surface area (Å²) in [5, 5.41) is 10.4. The third-order valence-corrected chi connectivity index (χ3v) is 1.86. The van der Waals surface area contributed by atoms with E-state index in [9.17, 15) is 9.90 Å². The second-order valence-corrected chi connectivity index (χ2v) is 3.01. The Labute approximate surface area is 83.3 Å². The molecule has 0 saturated carbocycles. The Morgan fingerprint density at radius 1 is 1.36 bits per heavy atom. The molecule has 1 aromatic rings. The van der Waals surface area contributed by atoms with Gasteiger partial charge in [0.2, 0.25) is 0 Å². The summed E-state index contributed by atoms with van der Waals surface area (Å²) >= 11 is 0. The van der Waals surface area contributed by atoms with Crippen molar-refractivity contribution in [1.29, 1.82) is 0 Å². The van der Waals surface area contributed by atoms with E-state index < -0.39 is 5.97 Å². The maximum atomic E-state index is 10.4. The number of aromatic carboxylic acids is 1. The molecule has 0 unspecified atom stereocenters. The van der Waals surface area contributed by atoms with E-state index in [-0.39, 0.29) is 5.56 Å². The van der Waals surface area contributed by atoms with Crippen molar-refractivity contribution in [3.8, 4) is 5.75 Å². The number of carbonyl (C=O) groups excluding carboxylic acids is 1. The number of carbonyl (C=O) groups is 1. The van der Waals surface area contributed by atoms with Crippen molar-refractivity contribution in [3.63, 3.8) is 0 Å². The molecule has 0 spiro atoms. The highest BCUT2D eigenvalue weighted by atomic mass is 16.5. The summed E-state index contributed by atoms with van der Waals surface area (Å²) in [6.07, 6.45) is 2.08. The molecule has 0 fully saturated rings. The van der Waals surface area contributed by atoms with Crippen LogP contribution in [0.15, 0.2) is 24.3 Å². The van der Waals surface area contributed by atoms with Crippen LogP contribution in [0.25, 0.3) is 0 Å². The Bertz CT molecular complexity index is 290. The Morgan fingerprint density at radius 2 is 2.00 bits per heavy atom. The molecule has 0 bridgehead atoms. The molecule has 3 nitrogen and oxygen atoms in total. The van der Waals surface area contributed by atoms with Gasteiger partial charge in [-0.25, -0.2) is 0 Å². The molecule has 3 heteroatoms. The minimum atomic E-state index is -1.16. The first-order chi connectivity index (χ1) is 6.74. The smallest absolute Gasteiger partial charge is 0.119 e. The molecule has 1 aromatic carbocycles. The summed E-state index contributed by atoms with van der Waals surface area (Å²) in [4.78, 5) is 10.4. The van der Waals surface area contributed by atoms with Crippen LogP contribution < -0.4 is 9.84 Å². The van der Waals surface area contributed by atoms with Crippen molar-refractivity contribution in [3.05, 3.63) is 29.8 Å². The quantitative estimate of drug-likeness (QED) is 0.661. The minimum absolute atomic E-state index is 0.174. The van der Waals surface area contributed by atoms with Crippen molar-refractivity contribution >= 4 is 5.97 Å². The number of ether oxygens (including phenoxy) is 1. The highest BCUT2D eigenvalue weighted by Crippen LogP contribution is 2.11. The second kappa shape index (κ2) is 5.27. The Morgan fingerprint density at radius 3 is 2.50 bits per heavy atom. The molecular formula is C11H13O3-. The van der Waals surface area contributed by atoms with E-state index in [0.717, 1.165) is 12.8 Å². The van der Waals surface area contributed by atoms with E-state index >= 15 is 0 Å². The number of rotatable bonds is 5. The van der Waals surface area contributed by atoms with Gasteiger partial charge < -0.3 is 14.6 Å². The van der Waals surface area contributed by atoms with Gasteiger partial charge in [0.05, 0.1) is 12.6 Å². The standard InChI is InChI=1S/C11H14O3/c1-2-3-8-14-10-6-4-9(5-7-10)11(12)13/h4-7H,2-3,8H2,1H3,(H,12,13)/p-1. The average molecular weight is 193 g/mol. The molecule has 0 heterocycles. The van der Waals surface area contributed by atoms with Crippen LogP contribution in [-0.4, -0.2) is 12.6 Å². The fraction of sp³-hybridized carbons (Fsp3) is 0.364. The van der Waals surface area contributed by atoms with Gasteiger partial charge in [-0.1, -0.05) is 13.3 Å². The van der Waals surface area contributed by atoms with Gasteiger partial charge in [0.1, 0.15) is 5.75 Å². The molecule has 0 aliphatic rings. The number of hydrogen-bond donors (Lipinski definition) is 0. The summed E-state index contributed by atoms with van der Waals surface area (Å²) in [5.41, 5.74) is 0.174. The van der Waals surface area contributed by atoms with Crippen molar-refractivity contribution in [2.45, 2.75) is 19.8 Å². The van der Waals surface area contributed by atoms with Gasteiger partial charge in [0.25, 0.3) is 0 Å². The van der Waals surface area contributed by atoms with Crippen LogP contribution in [0.5, 0.6) is 5.75 Å². The normalized spacial score (nSPS) is 9.79. The van der Waals surface area contributed by atoms with Crippen LogP contribution in [0, 0.1) is 0 Å². The second-order valence-electron chi connectivity index (χ2n) is 3.01. The maximum absolute atomic E-state index is 10.4. The lowest BCUT2D eigenvalue weighted by Gasteiger charge is -2.06. The van der Waals surface area contributed by atoms with E-state index in [2.05, 4.69) is 6.92 Å². The number of benzene rings is 1. The van der Waals surface area contributed by atoms with Crippen molar-refractivity contribution in [2.24, 2.45) is 0 Å². The fourth-order valence-corrected chi connectivity index (χ4v) is 1.02. The first-order valence-electron chi connectivity index (χ1n) is 4.68. The lowest BCUT2D eigenvalue weighted by molar-refractivity contribution is -0.255. The van der Waals surface area contributed by atoms with Crippen molar-refractivity contribution in [1.82, 2.24) is 0 Å². The summed E-state index contributed by atoms with van der Waals surface area (Å²) < 4.78 is 5.37. The summed E-state index contributed by atoms with van der Waals surface area (Å²) in [6.45, 7) is 2.75. The SMILES string of the molecule is CCCCOc1ccc(C(=O)[O-])cc1. The van der Waals surface area contributed by atoms with Gasteiger partial charge in [-0.05, 0) is 36.2 Å². The summed E-state index contributed by atoms with van der Waals surface area (Å²) in [5.74, 6) is -0.464. The monoisotopic (exact) mass is 193 g/mol. The zero-order valence-electron chi connectivity index (χ0n) is 8.16. The zero-order chi connectivity index (χ0) is 10.4. The number of unbranched alkanes of at least 4 members (excludes halogenated alkanes) is 1. The number of carboxylic acids is 1. The Hall–Kier alpha value is -1.51. The Balaban J connectivity index is 2.51. The molecule has 1 rings (SSSR count). The predicted octanol–water partition coefficient (Wildman–Crippen LogP) is 1.23. The molecule has 14 heavy (non-hydrogen) atoms. The predicted molar refractivity (Wildman–Crippen MR) is 51.2 cm³/mol. The third kappa shape index (κ3) is 3.09. The lowest BCUT2D eigenvalue weighted by Crippen LogP contribution is -2.21. The first-order valence-corrected chi connectivity index (χ1v) is 4.68. The maximum Gasteiger partial charge on any atom is 0.119 e.